The number of nitrogens with zero attached hydrogens (tertiary/aromatic N) is 1. The van der Waals surface area contributed by atoms with Crippen molar-refractivity contribution in [2.75, 3.05) is 11.1 Å². The molecular formula is C11H10N4O2S. The average molecular weight is 262 g/mol. The van der Waals surface area contributed by atoms with Crippen molar-refractivity contribution < 1.29 is 9.59 Å². The Kier molecular flexibility index (Phi) is 3.24. The molecule has 0 radical (unpaired) electrons. The van der Waals surface area contributed by atoms with Crippen molar-refractivity contribution in [2.24, 2.45) is 5.73 Å². The van der Waals surface area contributed by atoms with E-state index in [4.69, 9.17) is 11.5 Å². The molecule has 1 heterocycles. The molecule has 0 atom stereocenters. The second-order valence-corrected chi connectivity index (χ2v) is 4.34. The summed E-state index contributed by atoms with van der Waals surface area (Å²) in [5, 5.41) is 4.37. The summed E-state index contributed by atoms with van der Waals surface area (Å²) < 4.78 is 0. The van der Waals surface area contributed by atoms with Crippen molar-refractivity contribution in [3.05, 3.63) is 40.9 Å². The van der Waals surface area contributed by atoms with Crippen LogP contribution in [0.1, 0.15) is 20.8 Å². The first kappa shape index (κ1) is 12.1. The summed E-state index contributed by atoms with van der Waals surface area (Å²) in [5.74, 6) is -0.969. The molecule has 5 N–H and O–H groups in total. The Morgan fingerprint density at radius 1 is 1.33 bits per heavy atom. The molecule has 0 aliphatic heterocycles. The number of hydrogen-bond acceptors (Lipinski definition) is 5. The number of aromatic nitrogens is 1. The third-order valence-corrected chi connectivity index (χ3v) is 2.88. The number of thiazole rings is 1. The molecule has 0 aliphatic rings. The van der Waals surface area contributed by atoms with Gasteiger partial charge in [0.1, 0.15) is 5.69 Å². The highest BCUT2D eigenvalue weighted by atomic mass is 32.1. The fraction of sp³-hybridized carbons (Fsp3) is 0. The molecule has 1 aromatic carbocycles. The van der Waals surface area contributed by atoms with Crippen LogP contribution in [0.15, 0.2) is 29.6 Å². The number of nitrogens with two attached hydrogens (primary N) is 2. The first-order chi connectivity index (χ1) is 8.56. The molecule has 18 heavy (non-hydrogen) atoms. The lowest BCUT2D eigenvalue weighted by atomic mass is 10.2. The number of benzene rings is 1. The molecule has 0 aliphatic carbocycles. The first-order valence-corrected chi connectivity index (χ1v) is 5.86. The number of carbonyl (C=O) groups excluding carboxylic acids is 2. The molecule has 92 valence electrons. The summed E-state index contributed by atoms with van der Waals surface area (Å²) in [7, 11) is 0. The fourth-order valence-corrected chi connectivity index (χ4v) is 1.99. The number of nitrogen functional groups attached to an aromatic ring is 1. The van der Waals surface area contributed by atoms with Gasteiger partial charge in [-0.2, -0.15) is 0 Å². The molecule has 0 spiro atoms. The van der Waals surface area contributed by atoms with Crippen LogP contribution < -0.4 is 16.8 Å². The van der Waals surface area contributed by atoms with E-state index in [1.54, 1.807) is 24.3 Å². The molecule has 0 saturated heterocycles. The lowest BCUT2D eigenvalue weighted by molar-refractivity contribution is 0.0992. The van der Waals surface area contributed by atoms with Crippen LogP contribution in [0, 0.1) is 0 Å². The Morgan fingerprint density at radius 2 is 2.11 bits per heavy atom. The van der Waals surface area contributed by atoms with E-state index in [1.807, 2.05) is 0 Å². The highest BCUT2D eigenvalue weighted by molar-refractivity contribution is 7.14. The van der Waals surface area contributed by atoms with Crippen LogP contribution in [0.3, 0.4) is 0 Å². The van der Waals surface area contributed by atoms with Crippen molar-refractivity contribution in [3.63, 3.8) is 0 Å². The van der Waals surface area contributed by atoms with Gasteiger partial charge in [-0.15, -0.1) is 11.3 Å². The second-order valence-electron chi connectivity index (χ2n) is 3.48. The van der Waals surface area contributed by atoms with Crippen LogP contribution in [0.4, 0.5) is 10.8 Å². The predicted octanol–water partition coefficient (Wildman–Crippen LogP) is 1.08. The Labute approximate surface area is 107 Å². The SMILES string of the molecule is NC(=O)c1csc(NC(=O)c2cccc(N)c2)n1. The van der Waals surface area contributed by atoms with E-state index < -0.39 is 5.91 Å². The lowest BCUT2D eigenvalue weighted by Gasteiger charge is -2.02. The minimum Gasteiger partial charge on any atom is -0.399 e. The molecule has 2 amide bonds. The van der Waals surface area contributed by atoms with Crippen molar-refractivity contribution in [2.45, 2.75) is 0 Å². The van der Waals surface area contributed by atoms with Crippen molar-refractivity contribution >= 4 is 34.0 Å². The van der Waals surface area contributed by atoms with Crippen molar-refractivity contribution in [1.82, 2.24) is 4.98 Å². The van der Waals surface area contributed by atoms with Gasteiger partial charge in [0.25, 0.3) is 11.8 Å². The molecule has 0 fully saturated rings. The maximum Gasteiger partial charge on any atom is 0.268 e. The third-order valence-electron chi connectivity index (χ3n) is 2.13. The van der Waals surface area contributed by atoms with Crippen LogP contribution in [-0.4, -0.2) is 16.8 Å². The molecule has 1 aromatic heterocycles. The number of nitrogens with one attached hydrogen (secondary N) is 1. The standard InChI is InChI=1S/C11H10N4O2S/c12-7-3-1-2-6(4-7)10(17)15-11-14-8(5-18-11)9(13)16/h1-5H,12H2,(H2,13,16)(H,14,15,17). The molecule has 7 heteroatoms. The molecule has 2 rings (SSSR count). The highest BCUT2D eigenvalue weighted by Gasteiger charge is 2.11. The second kappa shape index (κ2) is 4.84. The van der Waals surface area contributed by atoms with E-state index in [0.717, 1.165) is 11.3 Å². The summed E-state index contributed by atoms with van der Waals surface area (Å²) in [6, 6.07) is 6.55. The number of primary amides is 1. The maximum absolute atomic E-state index is 11.8. The summed E-state index contributed by atoms with van der Waals surface area (Å²) in [4.78, 5) is 26.6. The van der Waals surface area contributed by atoms with Gasteiger partial charge < -0.3 is 11.5 Å². The van der Waals surface area contributed by atoms with E-state index in [2.05, 4.69) is 10.3 Å². The molecule has 0 unspecified atom stereocenters. The number of carbonyl (C=O) groups is 2. The largest absolute Gasteiger partial charge is 0.399 e. The van der Waals surface area contributed by atoms with Gasteiger partial charge >= 0.3 is 0 Å². The number of hydrogen-bond donors (Lipinski definition) is 3. The van der Waals surface area contributed by atoms with Gasteiger partial charge in [0.2, 0.25) is 0 Å². The lowest BCUT2D eigenvalue weighted by Crippen LogP contribution is -2.14. The zero-order chi connectivity index (χ0) is 13.1. The summed E-state index contributed by atoms with van der Waals surface area (Å²) in [6.45, 7) is 0. The van der Waals surface area contributed by atoms with Gasteiger partial charge in [-0.05, 0) is 18.2 Å². The van der Waals surface area contributed by atoms with E-state index in [1.165, 1.54) is 5.38 Å². The average Bonchev–Trinajstić information content (AvgIpc) is 2.77. The van der Waals surface area contributed by atoms with Gasteiger partial charge in [0.15, 0.2) is 5.13 Å². The molecule has 6 nitrogen and oxygen atoms in total. The smallest absolute Gasteiger partial charge is 0.268 e. The minimum absolute atomic E-state index is 0.128. The number of rotatable bonds is 3. The predicted molar refractivity (Wildman–Crippen MR) is 69.4 cm³/mol. The van der Waals surface area contributed by atoms with Crippen LogP contribution in [0.25, 0.3) is 0 Å². The van der Waals surface area contributed by atoms with Crippen LogP contribution in [0.5, 0.6) is 0 Å². The first-order valence-electron chi connectivity index (χ1n) is 4.98. The summed E-state index contributed by atoms with van der Waals surface area (Å²) in [6.07, 6.45) is 0. The van der Waals surface area contributed by atoms with E-state index in [-0.39, 0.29) is 11.6 Å². The Hall–Kier alpha value is -2.41. The summed E-state index contributed by atoms with van der Waals surface area (Å²) in [5.41, 5.74) is 11.7. The highest BCUT2D eigenvalue weighted by Crippen LogP contribution is 2.16. The number of anilines is 2. The third kappa shape index (κ3) is 2.64. The minimum atomic E-state index is -0.629. The Morgan fingerprint density at radius 3 is 2.72 bits per heavy atom. The van der Waals surface area contributed by atoms with E-state index >= 15 is 0 Å². The van der Waals surface area contributed by atoms with E-state index in [0.29, 0.717) is 16.4 Å². The Bertz CT molecular complexity index is 609. The molecule has 0 saturated carbocycles. The molecule has 2 aromatic rings. The fourth-order valence-electron chi connectivity index (χ4n) is 1.29. The zero-order valence-corrected chi connectivity index (χ0v) is 10.0. The van der Waals surface area contributed by atoms with Gasteiger partial charge in [-0.3, -0.25) is 14.9 Å². The summed E-state index contributed by atoms with van der Waals surface area (Å²) >= 11 is 1.13. The van der Waals surface area contributed by atoms with Crippen molar-refractivity contribution in [3.8, 4) is 0 Å². The van der Waals surface area contributed by atoms with Crippen LogP contribution in [-0.2, 0) is 0 Å². The normalized spacial score (nSPS) is 10.0. The molecular weight excluding hydrogens is 252 g/mol. The Balaban J connectivity index is 2.13. The van der Waals surface area contributed by atoms with Crippen LogP contribution in [0.2, 0.25) is 0 Å². The van der Waals surface area contributed by atoms with Gasteiger partial charge in [0, 0.05) is 16.6 Å². The maximum atomic E-state index is 11.8. The number of amides is 2. The van der Waals surface area contributed by atoms with Gasteiger partial charge in [-0.25, -0.2) is 4.98 Å². The molecule has 0 bridgehead atoms. The van der Waals surface area contributed by atoms with Gasteiger partial charge in [0.05, 0.1) is 0 Å². The quantitative estimate of drug-likeness (QED) is 0.718. The van der Waals surface area contributed by atoms with Gasteiger partial charge in [-0.1, -0.05) is 6.07 Å². The monoisotopic (exact) mass is 262 g/mol. The topological polar surface area (TPSA) is 111 Å². The zero-order valence-electron chi connectivity index (χ0n) is 9.21. The van der Waals surface area contributed by atoms with E-state index in [9.17, 15) is 9.59 Å². The van der Waals surface area contributed by atoms with Crippen molar-refractivity contribution in [1.29, 1.82) is 0 Å². The van der Waals surface area contributed by atoms with Crippen LogP contribution >= 0.6 is 11.3 Å².